The zero-order valence-electron chi connectivity index (χ0n) is 13.1. The summed E-state index contributed by atoms with van der Waals surface area (Å²) in [5.74, 6) is 0.523. The number of hydrogen-bond donors (Lipinski definition) is 0. The van der Waals surface area contributed by atoms with Gasteiger partial charge in [-0.05, 0) is 43.7 Å². The van der Waals surface area contributed by atoms with Crippen LogP contribution in [-0.4, -0.2) is 22.5 Å². The summed E-state index contributed by atoms with van der Waals surface area (Å²) in [4.78, 5) is 17.4. The minimum atomic E-state index is -0.328. The number of aryl methyl sites for hydroxylation is 1. The van der Waals surface area contributed by atoms with Crippen molar-refractivity contribution in [2.75, 3.05) is 11.4 Å². The van der Waals surface area contributed by atoms with Gasteiger partial charge in [0.05, 0.1) is 4.92 Å². The number of pyridine rings is 1. The Morgan fingerprint density at radius 1 is 1.17 bits per heavy atom. The Kier molecular flexibility index (Phi) is 4.86. The Morgan fingerprint density at radius 2 is 2.00 bits per heavy atom. The van der Waals surface area contributed by atoms with E-state index in [1.165, 1.54) is 12.0 Å². The SMILES string of the molecule is O=[N+]([O-])c1cccnc1N1CCCCC1CCc1ccccc1. The van der Waals surface area contributed by atoms with E-state index >= 15 is 0 Å². The maximum Gasteiger partial charge on any atom is 0.311 e. The van der Waals surface area contributed by atoms with Crippen molar-refractivity contribution in [2.45, 2.75) is 38.1 Å². The summed E-state index contributed by atoms with van der Waals surface area (Å²) >= 11 is 0. The van der Waals surface area contributed by atoms with E-state index < -0.39 is 0 Å². The lowest BCUT2D eigenvalue weighted by atomic mass is 9.95. The van der Waals surface area contributed by atoms with E-state index in [0.29, 0.717) is 11.9 Å². The Balaban J connectivity index is 1.78. The third-order valence-corrected chi connectivity index (χ3v) is 4.47. The molecule has 0 spiro atoms. The first-order chi connectivity index (χ1) is 11.3. The van der Waals surface area contributed by atoms with Crippen LogP contribution in [0.1, 0.15) is 31.2 Å². The number of anilines is 1. The molecule has 0 aliphatic carbocycles. The molecular weight excluding hydrogens is 290 g/mol. The molecular formula is C18H21N3O2. The highest BCUT2D eigenvalue weighted by molar-refractivity contribution is 5.58. The van der Waals surface area contributed by atoms with E-state index in [1.807, 2.05) is 6.07 Å². The molecule has 2 heterocycles. The molecule has 0 saturated carbocycles. The Morgan fingerprint density at radius 3 is 2.78 bits per heavy atom. The standard InChI is InChI=1S/C18H21N3O2/c22-21(23)17-10-6-13-19-18(17)20-14-5-4-9-16(20)12-11-15-7-2-1-3-8-15/h1-3,6-8,10,13,16H,4-5,9,11-12,14H2. The fourth-order valence-corrected chi connectivity index (χ4v) is 3.31. The average Bonchev–Trinajstić information content (AvgIpc) is 2.61. The van der Waals surface area contributed by atoms with Crippen LogP contribution in [0.4, 0.5) is 11.5 Å². The van der Waals surface area contributed by atoms with Crippen molar-refractivity contribution in [3.63, 3.8) is 0 Å². The molecule has 1 aromatic carbocycles. The summed E-state index contributed by atoms with van der Waals surface area (Å²) in [6.45, 7) is 0.845. The maximum atomic E-state index is 11.3. The van der Waals surface area contributed by atoms with E-state index in [2.05, 4.69) is 34.1 Å². The van der Waals surface area contributed by atoms with Gasteiger partial charge in [0.2, 0.25) is 5.82 Å². The van der Waals surface area contributed by atoms with E-state index in [4.69, 9.17) is 0 Å². The van der Waals surface area contributed by atoms with Gasteiger partial charge in [-0.1, -0.05) is 30.3 Å². The van der Waals surface area contributed by atoms with Crippen LogP contribution in [0, 0.1) is 10.1 Å². The molecule has 1 aliphatic rings. The van der Waals surface area contributed by atoms with Gasteiger partial charge in [0.25, 0.3) is 0 Å². The van der Waals surface area contributed by atoms with Crippen LogP contribution in [-0.2, 0) is 6.42 Å². The molecule has 1 aliphatic heterocycles. The first-order valence-electron chi connectivity index (χ1n) is 8.15. The summed E-state index contributed by atoms with van der Waals surface area (Å²) in [6, 6.07) is 13.9. The summed E-state index contributed by atoms with van der Waals surface area (Å²) in [5, 5.41) is 11.3. The van der Waals surface area contributed by atoms with Gasteiger partial charge in [0.1, 0.15) is 0 Å². The fourth-order valence-electron chi connectivity index (χ4n) is 3.31. The van der Waals surface area contributed by atoms with Gasteiger partial charge in [-0.2, -0.15) is 0 Å². The van der Waals surface area contributed by atoms with Crippen molar-refractivity contribution >= 4 is 11.5 Å². The second kappa shape index (κ2) is 7.22. The molecule has 0 N–H and O–H groups in total. The number of benzene rings is 1. The lowest BCUT2D eigenvalue weighted by Gasteiger charge is -2.36. The number of aromatic nitrogens is 1. The summed E-state index contributed by atoms with van der Waals surface area (Å²) in [7, 11) is 0. The topological polar surface area (TPSA) is 59.3 Å². The maximum absolute atomic E-state index is 11.3. The van der Waals surface area contributed by atoms with Crippen molar-refractivity contribution in [2.24, 2.45) is 0 Å². The molecule has 1 saturated heterocycles. The average molecular weight is 311 g/mol. The molecule has 0 bridgehead atoms. The molecule has 1 atom stereocenters. The molecule has 5 nitrogen and oxygen atoms in total. The number of piperidine rings is 1. The van der Waals surface area contributed by atoms with Crippen LogP contribution in [0.3, 0.4) is 0 Å². The Labute approximate surface area is 136 Å². The second-order valence-corrected chi connectivity index (χ2v) is 5.97. The van der Waals surface area contributed by atoms with Crippen molar-refractivity contribution in [1.82, 2.24) is 4.98 Å². The van der Waals surface area contributed by atoms with Gasteiger partial charge in [-0.3, -0.25) is 10.1 Å². The lowest BCUT2D eigenvalue weighted by molar-refractivity contribution is -0.384. The van der Waals surface area contributed by atoms with E-state index in [0.717, 1.165) is 32.2 Å². The molecule has 3 rings (SSSR count). The highest BCUT2D eigenvalue weighted by Gasteiger charge is 2.28. The number of rotatable bonds is 5. The molecule has 1 fully saturated rings. The molecule has 120 valence electrons. The van der Waals surface area contributed by atoms with Crippen molar-refractivity contribution < 1.29 is 4.92 Å². The first-order valence-corrected chi connectivity index (χ1v) is 8.15. The molecule has 0 radical (unpaired) electrons. The van der Waals surface area contributed by atoms with Gasteiger partial charge in [0.15, 0.2) is 0 Å². The van der Waals surface area contributed by atoms with Gasteiger partial charge in [-0.25, -0.2) is 4.98 Å². The van der Waals surface area contributed by atoms with Gasteiger partial charge >= 0.3 is 5.69 Å². The normalized spacial score (nSPS) is 17.9. The van der Waals surface area contributed by atoms with Crippen LogP contribution in [0.15, 0.2) is 48.7 Å². The lowest BCUT2D eigenvalue weighted by Crippen LogP contribution is -2.40. The fraction of sp³-hybridized carbons (Fsp3) is 0.389. The Hall–Kier alpha value is -2.43. The van der Waals surface area contributed by atoms with Crippen LogP contribution in [0.5, 0.6) is 0 Å². The van der Waals surface area contributed by atoms with Crippen molar-refractivity contribution in [3.8, 4) is 0 Å². The summed E-state index contributed by atoms with van der Waals surface area (Å²) in [5.41, 5.74) is 1.42. The minimum Gasteiger partial charge on any atom is -0.348 e. The molecule has 0 amide bonds. The van der Waals surface area contributed by atoms with Crippen LogP contribution < -0.4 is 4.90 Å². The van der Waals surface area contributed by atoms with Crippen LogP contribution >= 0.6 is 0 Å². The van der Waals surface area contributed by atoms with E-state index in [1.54, 1.807) is 18.3 Å². The zero-order valence-corrected chi connectivity index (χ0v) is 13.1. The van der Waals surface area contributed by atoms with Crippen molar-refractivity contribution in [3.05, 3.63) is 64.3 Å². The van der Waals surface area contributed by atoms with E-state index in [-0.39, 0.29) is 10.6 Å². The van der Waals surface area contributed by atoms with Gasteiger partial charge < -0.3 is 4.90 Å². The smallest absolute Gasteiger partial charge is 0.311 e. The van der Waals surface area contributed by atoms with Gasteiger partial charge in [-0.15, -0.1) is 0 Å². The molecule has 1 aromatic heterocycles. The molecule has 1 unspecified atom stereocenters. The third-order valence-electron chi connectivity index (χ3n) is 4.47. The highest BCUT2D eigenvalue weighted by Crippen LogP contribution is 2.32. The summed E-state index contributed by atoms with van der Waals surface area (Å²) < 4.78 is 0. The predicted octanol–water partition coefficient (Wildman–Crippen LogP) is 3.98. The number of hydrogen-bond acceptors (Lipinski definition) is 4. The molecule has 5 heteroatoms. The number of nitro groups is 1. The van der Waals surface area contributed by atoms with Crippen molar-refractivity contribution in [1.29, 1.82) is 0 Å². The number of nitrogens with zero attached hydrogens (tertiary/aromatic N) is 3. The van der Waals surface area contributed by atoms with E-state index in [9.17, 15) is 10.1 Å². The quantitative estimate of drug-likeness (QED) is 0.619. The molecule has 23 heavy (non-hydrogen) atoms. The monoisotopic (exact) mass is 311 g/mol. The highest BCUT2D eigenvalue weighted by atomic mass is 16.6. The zero-order chi connectivity index (χ0) is 16.1. The summed E-state index contributed by atoms with van der Waals surface area (Å²) in [6.07, 6.45) is 6.94. The first kappa shape index (κ1) is 15.5. The predicted molar refractivity (Wildman–Crippen MR) is 90.6 cm³/mol. The van der Waals surface area contributed by atoms with Gasteiger partial charge in [0, 0.05) is 24.8 Å². The largest absolute Gasteiger partial charge is 0.348 e. The van der Waals surface area contributed by atoms with Crippen LogP contribution in [0.2, 0.25) is 0 Å². The van der Waals surface area contributed by atoms with Crippen LogP contribution in [0.25, 0.3) is 0 Å². The third kappa shape index (κ3) is 3.67. The minimum absolute atomic E-state index is 0.110. The Bertz CT molecular complexity index is 660. The molecule has 2 aromatic rings. The second-order valence-electron chi connectivity index (χ2n) is 5.97.